The zero-order valence-corrected chi connectivity index (χ0v) is 16.8. The van der Waals surface area contributed by atoms with Crippen LogP contribution in [0.5, 0.6) is 0 Å². The van der Waals surface area contributed by atoms with Gasteiger partial charge in [0.1, 0.15) is 0 Å². The maximum absolute atomic E-state index is 11.9. The summed E-state index contributed by atoms with van der Waals surface area (Å²) in [7, 11) is 0.124. The van der Waals surface area contributed by atoms with E-state index in [0.717, 1.165) is 25.7 Å². The molecule has 22 heavy (non-hydrogen) atoms. The van der Waals surface area contributed by atoms with Crippen molar-refractivity contribution in [3.05, 3.63) is 0 Å². The highest BCUT2D eigenvalue weighted by Crippen LogP contribution is 2.12. The molecule has 0 N–H and O–H groups in total. The molecule has 0 nitrogen and oxygen atoms in total. The maximum atomic E-state index is 11.9. The molecule has 0 aliphatic heterocycles. The van der Waals surface area contributed by atoms with Gasteiger partial charge >= 0.3 is 0 Å². The molecule has 0 aromatic carbocycles. The fourth-order valence-electron chi connectivity index (χ4n) is 2.72. The third-order valence-electron chi connectivity index (χ3n) is 4.09. The molecule has 0 aromatic heterocycles. The molecule has 0 aliphatic rings. The van der Waals surface area contributed by atoms with Gasteiger partial charge in [-0.1, -0.05) is 62.7 Å². The van der Waals surface area contributed by atoms with Crippen molar-refractivity contribution in [2.45, 2.75) is 101 Å². The lowest BCUT2D eigenvalue weighted by Crippen LogP contribution is -1.94. The lowest BCUT2D eigenvalue weighted by atomic mass is 10.2. The van der Waals surface area contributed by atoms with Crippen LogP contribution in [0.4, 0.5) is 17.6 Å². The average molecular weight is 359 g/mol. The Bertz CT molecular complexity index is 194. The molecule has 0 aromatic rings. The Labute approximate surface area is 138 Å². The van der Waals surface area contributed by atoms with E-state index >= 15 is 0 Å². The van der Waals surface area contributed by atoms with Gasteiger partial charge < -0.3 is 0 Å². The molecule has 0 saturated heterocycles. The predicted molar refractivity (Wildman–Crippen MR) is 94.5 cm³/mol. The van der Waals surface area contributed by atoms with Gasteiger partial charge in [0.25, 0.3) is 0 Å². The molecule has 0 rings (SSSR count). The lowest BCUT2D eigenvalue weighted by Gasteiger charge is -2.03. The van der Waals surface area contributed by atoms with Crippen LogP contribution in [0.25, 0.3) is 0 Å². The van der Waals surface area contributed by atoms with E-state index in [4.69, 9.17) is 0 Å². The van der Waals surface area contributed by atoms with Crippen LogP contribution in [0.15, 0.2) is 0 Å². The van der Waals surface area contributed by atoms with Crippen LogP contribution in [0.2, 0.25) is 24.2 Å². The Kier molecular flexibility index (Phi) is 17.6. The van der Waals surface area contributed by atoms with Gasteiger partial charge in [-0.15, -0.1) is 0 Å². The number of rotatable bonds is 17. The summed E-state index contributed by atoms with van der Waals surface area (Å²) in [6.45, 7) is 0. The van der Waals surface area contributed by atoms with E-state index in [2.05, 4.69) is 0 Å². The molecule has 134 valence electrons. The molecule has 0 fully saturated rings. The standard InChI is InChI=1S/C16H34F4Si2/c17-15(18)9-3-1-5-11-21-13-7-8-14-22-12-6-2-4-10-16(19)20/h15-16H,1-14,21-22H2. The van der Waals surface area contributed by atoms with Gasteiger partial charge in [0, 0.05) is 31.9 Å². The van der Waals surface area contributed by atoms with Crippen molar-refractivity contribution in [2.75, 3.05) is 0 Å². The van der Waals surface area contributed by atoms with Crippen molar-refractivity contribution in [3.63, 3.8) is 0 Å². The van der Waals surface area contributed by atoms with Crippen molar-refractivity contribution >= 4 is 19.0 Å². The number of alkyl halides is 4. The zero-order chi connectivity index (χ0) is 16.5. The average Bonchev–Trinajstić information content (AvgIpc) is 2.46. The molecule has 0 heterocycles. The van der Waals surface area contributed by atoms with E-state index in [9.17, 15) is 17.6 Å². The minimum atomic E-state index is -2.12. The minimum absolute atomic E-state index is 0.0622. The largest absolute Gasteiger partial charge is 0.238 e. The van der Waals surface area contributed by atoms with Gasteiger partial charge in [-0.25, -0.2) is 17.6 Å². The summed E-state index contributed by atoms with van der Waals surface area (Å²) < 4.78 is 47.7. The van der Waals surface area contributed by atoms with Crippen LogP contribution in [0, 0.1) is 0 Å². The minimum Gasteiger partial charge on any atom is -0.211 e. The second-order valence-corrected chi connectivity index (χ2v) is 10.6. The summed E-state index contributed by atoms with van der Waals surface area (Å²) in [6.07, 6.45) is 4.30. The van der Waals surface area contributed by atoms with Crippen LogP contribution in [0.1, 0.15) is 64.2 Å². The molecule has 0 saturated carbocycles. The fourth-order valence-corrected chi connectivity index (χ4v) is 6.25. The predicted octanol–water partition coefficient (Wildman–Crippen LogP) is 5.43. The van der Waals surface area contributed by atoms with Gasteiger partial charge in [0.15, 0.2) is 0 Å². The van der Waals surface area contributed by atoms with Gasteiger partial charge in [-0.2, -0.15) is 0 Å². The highest BCUT2D eigenvalue weighted by molar-refractivity contribution is 6.36. The molecular formula is C16H34F4Si2. The number of hydrogen-bond acceptors (Lipinski definition) is 0. The topological polar surface area (TPSA) is 0 Å². The van der Waals surface area contributed by atoms with Gasteiger partial charge in [0.2, 0.25) is 12.9 Å². The van der Waals surface area contributed by atoms with Crippen molar-refractivity contribution in [2.24, 2.45) is 0 Å². The third-order valence-corrected chi connectivity index (χ3v) is 8.09. The normalized spacial score (nSPS) is 12.8. The van der Waals surface area contributed by atoms with E-state index in [1.165, 1.54) is 37.0 Å². The Morgan fingerprint density at radius 1 is 0.455 bits per heavy atom. The van der Waals surface area contributed by atoms with Crippen molar-refractivity contribution in [1.29, 1.82) is 0 Å². The van der Waals surface area contributed by atoms with E-state index in [1.54, 1.807) is 0 Å². The third kappa shape index (κ3) is 20.2. The molecule has 0 radical (unpaired) electrons. The van der Waals surface area contributed by atoms with Crippen LogP contribution in [-0.4, -0.2) is 31.9 Å². The Hall–Kier alpha value is 0.154. The monoisotopic (exact) mass is 358 g/mol. The first kappa shape index (κ1) is 22.2. The lowest BCUT2D eigenvalue weighted by molar-refractivity contribution is 0.133. The summed E-state index contributed by atoms with van der Waals surface area (Å²) in [5.41, 5.74) is 0. The zero-order valence-electron chi connectivity index (χ0n) is 14.0. The first-order valence-electron chi connectivity index (χ1n) is 9.19. The van der Waals surface area contributed by atoms with E-state index in [1.807, 2.05) is 0 Å². The van der Waals surface area contributed by atoms with Gasteiger partial charge in [0.05, 0.1) is 0 Å². The highest BCUT2D eigenvalue weighted by Gasteiger charge is 2.02. The molecule has 0 spiro atoms. The second-order valence-electron chi connectivity index (χ2n) is 6.31. The molecule has 0 bridgehead atoms. The smallest absolute Gasteiger partial charge is 0.211 e. The number of hydrogen-bond donors (Lipinski definition) is 0. The summed E-state index contributed by atoms with van der Waals surface area (Å²) in [6, 6.07) is 5.48. The van der Waals surface area contributed by atoms with Crippen LogP contribution < -0.4 is 0 Å². The van der Waals surface area contributed by atoms with E-state index in [-0.39, 0.29) is 31.9 Å². The first-order valence-corrected chi connectivity index (χ1v) is 13.2. The van der Waals surface area contributed by atoms with Gasteiger partial charge in [-0.3, -0.25) is 0 Å². The van der Waals surface area contributed by atoms with Crippen LogP contribution in [-0.2, 0) is 0 Å². The number of halogens is 4. The first-order chi connectivity index (χ1) is 10.6. The molecular weight excluding hydrogens is 324 g/mol. The molecule has 0 aliphatic carbocycles. The van der Waals surface area contributed by atoms with Crippen molar-refractivity contribution in [3.8, 4) is 0 Å². The Morgan fingerprint density at radius 3 is 1.09 bits per heavy atom. The summed E-state index contributed by atoms with van der Waals surface area (Å²) in [5.74, 6) is 0. The van der Waals surface area contributed by atoms with Gasteiger partial charge in [-0.05, 0) is 12.8 Å². The van der Waals surface area contributed by atoms with E-state index < -0.39 is 12.9 Å². The summed E-state index contributed by atoms with van der Waals surface area (Å²) in [4.78, 5) is 0. The van der Waals surface area contributed by atoms with Crippen molar-refractivity contribution in [1.82, 2.24) is 0 Å². The quantitative estimate of drug-likeness (QED) is 0.185. The highest BCUT2D eigenvalue weighted by atomic mass is 28.2. The van der Waals surface area contributed by atoms with Crippen LogP contribution >= 0.6 is 0 Å². The summed E-state index contributed by atoms with van der Waals surface area (Å²) >= 11 is 0. The molecule has 6 heteroatoms. The van der Waals surface area contributed by atoms with Crippen LogP contribution in [0.3, 0.4) is 0 Å². The molecule has 0 atom stereocenters. The van der Waals surface area contributed by atoms with Crippen molar-refractivity contribution < 1.29 is 17.6 Å². The summed E-state index contributed by atoms with van der Waals surface area (Å²) in [5, 5.41) is 0. The molecule has 0 amide bonds. The Morgan fingerprint density at radius 2 is 0.773 bits per heavy atom. The van der Waals surface area contributed by atoms with E-state index in [0.29, 0.717) is 12.8 Å². The SMILES string of the molecule is FC(F)CCCCC[SiH2]CCCC[SiH2]CCCCCC(F)F. The Balaban J connectivity index is 2.97. The number of unbranched alkanes of at least 4 members (excludes halogenated alkanes) is 5. The second kappa shape index (κ2) is 17.5. The maximum Gasteiger partial charge on any atom is 0.238 e. The fraction of sp³-hybridized carbons (Fsp3) is 1.00. The molecule has 0 unspecified atom stereocenters.